The van der Waals surface area contributed by atoms with Crippen molar-refractivity contribution in [1.82, 2.24) is 5.32 Å². The lowest BCUT2D eigenvalue weighted by Gasteiger charge is -2.18. The first-order chi connectivity index (χ1) is 16.4. The first kappa shape index (κ1) is 24.6. The molecule has 3 aromatic carbocycles. The number of halogens is 1. The van der Waals surface area contributed by atoms with E-state index in [-0.39, 0.29) is 6.42 Å². The molecule has 0 heterocycles. The van der Waals surface area contributed by atoms with Crippen molar-refractivity contribution < 1.29 is 23.9 Å². The Morgan fingerprint density at radius 1 is 0.912 bits per heavy atom. The summed E-state index contributed by atoms with van der Waals surface area (Å²) in [5.74, 6) is -0.553. The van der Waals surface area contributed by atoms with E-state index in [1.165, 1.54) is 0 Å². The number of carbonyl (C=O) groups excluding carboxylic acids is 3. The summed E-state index contributed by atoms with van der Waals surface area (Å²) in [6.45, 7) is -0.0563. The summed E-state index contributed by atoms with van der Waals surface area (Å²) in [5, 5.41) is 5.47. The number of ether oxygens (including phenoxy) is 2. The van der Waals surface area contributed by atoms with Gasteiger partial charge in [0.15, 0.2) is 6.61 Å². The van der Waals surface area contributed by atoms with Crippen LogP contribution in [0.15, 0.2) is 78.9 Å². The molecule has 0 radical (unpaired) electrons. The predicted molar refractivity (Wildman–Crippen MR) is 128 cm³/mol. The van der Waals surface area contributed by atoms with Crippen LogP contribution in [0.3, 0.4) is 0 Å². The highest BCUT2D eigenvalue weighted by atomic mass is 35.5. The van der Waals surface area contributed by atoms with E-state index in [1.807, 2.05) is 30.3 Å². The molecule has 0 aromatic heterocycles. The molecule has 0 bridgehead atoms. The van der Waals surface area contributed by atoms with Crippen molar-refractivity contribution in [3.63, 3.8) is 0 Å². The average molecular weight is 482 g/mol. The third-order valence-electron chi connectivity index (χ3n) is 4.72. The van der Waals surface area contributed by atoms with Crippen molar-refractivity contribution in [3.8, 4) is 5.75 Å². The minimum Gasteiger partial charge on any atom is -0.489 e. The Hall–Kier alpha value is -4.04. The normalized spacial score (nSPS) is 11.2. The molecule has 0 spiro atoms. The Morgan fingerprint density at radius 3 is 2.26 bits per heavy atom. The number of hydrogen-bond acceptors (Lipinski definition) is 5. The molecule has 3 amide bonds. The average Bonchev–Trinajstić information content (AvgIpc) is 2.83. The molecule has 3 rings (SSSR count). The highest BCUT2D eigenvalue weighted by molar-refractivity contribution is 6.31. The number of nitrogens with one attached hydrogen (secondary N) is 2. The molecule has 0 unspecified atom stereocenters. The molecular formula is C25H24ClN3O5. The SMILES string of the molecule is NC(=O)N[C@H](CC(=O)OCC(=O)Nc1ccc(OCc2ccccc2)cc1)c1ccccc1Cl. The Balaban J connectivity index is 1.46. The number of hydrogen-bond donors (Lipinski definition) is 3. The van der Waals surface area contributed by atoms with E-state index in [2.05, 4.69) is 10.6 Å². The van der Waals surface area contributed by atoms with E-state index in [1.54, 1.807) is 48.5 Å². The van der Waals surface area contributed by atoms with E-state index in [0.717, 1.165) is 5.56 Å². The van der Waals surface area contributed by atoms with Crippen molar-refractivity contribution >= 4 is 35.2 Å². The van der Waals surface area contributed by atoms with Crippen molar-refractivity contribution in [1.29, 1.82) is 0 Å². The molecule has 0 fully saturated rings. The van der Waals surface area contributed by atoms with Crippen LogP contribution in [0.2, 0.25) is 5.02 Å². The summed E-state index contributed by atoms with van der Waals surface area (Å²) in [7, 11) is 0. The van der Waals surface area contributed by atoms with Gasteiger partial charge in [0.1, 0.15) is 12.4 Å². The number of urea groups is 1. The molecule has 34 heavy (non-hydrogen) atoms. The number of carbonyl (C=O) groups is 3. The van der Waals surface area contributed by atoms with Gasteiger partial charge in [0.2, 0.25) is 0 Å². The smallest absolute Gasteiger partial charge is 0.312 e. The predicted octanol–water partition coefficient (Wildman–Crippen LogP) is 4.20. The van der Waals surface area contributed by atoms with Gasteiger partial charge in [-0.05, 0) is 41.5 Å². The van der Waals surface area contributed by atoms with Crippen molar-refractivity contribution in [3.05, 3.63) is 95.0 Å². The van der Waals surface area contributed by atoms with Crippen LogP contribution in [0.1, 0.15) is 23.6 Å². The molecule has 1 atom stereocenters. The molecule has 3 aromatic rings. The van der Waals surface area contributed by atoms with Crippen LogP contribution in [0.25, 0.3) is 0 Å². The molecule has 8 nitrogen and oxygen atoms in total. The van der Waals surface area contributed by atoms with E-state index < -0.39 is 30.6 Å². The van der Waals surface area contributed by atoms with Crippen LogP contribution >= 0.6 is 11.6 Å². The largest absolute Gasteiger partial charge is 0.489 e. The third kappa shape index (κ3) is 7.83. The zero-order chi connectivity index (χ0) is 24.3. The second-order valence-electron chi connectivity index (χ2n) is 7.29. The van der Waals surface area contributed by atoms with Crippen LogP contribution in [-0.4, -0.2) is 24.5 Å². The van der Waals surface area contributed by atoms with Crippen molar-refractivity contribution in [2.75, 3.05) is 11.9 Å². The minimum absolute atomic E-state index is 0.243. The summed E-state index contributed by atoms with van der Waals surface area (Å²) in [5.41, 5.74) is 7.29. The van der Waals surface area contributed by atoms with Gasteiger partial charge in [-0.2, -0.15) is 0 Å². The number of anilines is 1. The Bertz CT molecular complexity index is 1120. The molecular weight excluding hydrogens is 458 g/mol. The molecule has 0 saturated heterocycles. The Morgan fingerprint density at radius 2 is 1.59 bits per heavy atom. The van der Waals surface area contributed by atoms with Gasteiger partial charge in [-0.15, -0.1) is 0 Å². The van der Waals surface area contributed by atoms with Crippen LogP contribution in [-0.2, 0) is 20.9 Å². The van der Waals surface area contributed by atoms with Gasteiger partial charge in [0.05, 0.1) is 12.5 Å². The van der Waals surface area contributed by atoms with E-state index >= 15 is 0 Å². The number of rotatable bonds is 10. The topological polar surface area (TPSA) is 120 Å². The molecule has 176 valence electrons. The maximum absolute atomic E-state index is 12.3. The Kier molecular flexibility index (Phi) is 8.88. The molecule has 4 N–H and O–H groups in total. The lowest BCUT2D eigenvalue weighted by atomic mass is 10.0. The molecule has 0 aliphatic heterocycles. The maximum Gasteiger partial charge on any atom is 0.312 e. The Labute approximate surface area is 202 Å². The standard InChI is InChI=1S/C25H24ClN3O5/c26-21-9-5-4-8-20(21)22(29-25(27)32)14-24(31)34-16-23(30)28-18-10-12-19(13-11-18)33-15-17-6-2-1-3-7-17/h1-13,22H,14-16H2,(H,28,30)(H3,27,29,32)/t22-/m1/s1. The molecule has 0 aliphatic rings. The fraction of sp³-hybridized carbons (Fsp3) is 0.160. The zero-order valence-corrected chi connectivity index (χ0v) is 19.0. The lowest BCUT2D eigenvalue weighted by molar-refractivity contribution is -0.147. The fourth-order valence-electron chi connectivity index (χ4n) is 3.11. The highest BCUT2D eigenvalue weighted by Gasteiger charge is 2.21. The maximum atomic E-state index is 12.3. The number of primary amides is 1. The number of amides is 3. The van der Waals surface area contributed by atoms with Crippen LogP contribution in [0.4, 0.5) is 10.5 Å². The van der Waals surface area contributed by atoms with E-state index in [4.69, 9.17) is 26.8 Å². The van der Waals surface area contributed by atoms with Crippen LogP contribution in [0, 0.1) is 0 Å². The van der Waals surface area contributed by atoms with E-state index in [0.29, 0.717) is 28.6 Å². The van der Waals surface area contributed by atoms with Gasteiger partial charge in [0.25, 0.3) is 5.91 Å². The second-order valence-corrected chi connectivity index (χ2v) is 7.70. The first-order valence-corrected chi connectivity index (χ1v) is 10.8. The monoisotopic (exact) mass is 481 g/mol. The highest BCUT2D eigenvalue weighted by Crippen LogP contribution is 2.25. The first-order valence-electron chi connectivity index (χ1n) is 10.4. The van der Waals surface area contributed by atoms with Crippen LogP contribution < -0.4 is 21.1 Å². The van der Waals surface area contributed by atoms with E-state index in [9.17, 15) is 14.4 Å². The molecule has 9 heteroatoms. The molecule has 0 aliphatic carbocycles. The van der Waals surface area contributed by atoms with Gasteiger partial charge in [0, 0.05) is 10.7 Å². The number of esters is 1. The van der Waals surface area contributed by atoms with Gasteiger partial charge < -0.3 is 25.8 Å². The number of nitrogens with two attached hydrogens (primary N) is 1. The second kappa shape index (κ2) is 12.3. The van der Waals surface area contributed by atoms with Crippen LogP contribution in [0.5, 0.6) is 5.75 Å². The quantitative estimate of drug-likeness (QED) is 0.375. The van der Waals surface area contributed by atoms with Gasteiger partial charge in [-0.25, -0.2) is 4.79 Å². The van der Waals surface area contributed by atoms with Gasteiger partial charge >= 0.3 is 12.0 Å². The lowest BCUT2D eigenvalue weighted by Crippen LogP contribution is -2.35. The minimum atomic E-state index is -0.813. The number of benzene rings is 3. The van der Waals surface area contributed by atoms with Gasteiger partial charge in [-0.3, -0.25) is 9.59 Å². The summed E-state index contributed by atoms with van der Waals surface area (Å²) >= 11 is 6.15. The van der Waals surface area contributed by atoms with Crippen molar-refractivity contribution in [2.45, 2.75) is 19.1 Å². The summed E-state index contributed by atoms with van der Waals surface area (Å²) < 4.78 is 10.8. The zero-order valence-electron chi connectivity index (χ0n) is 18.2. The summed E-state index contributed by atoms with van der Waals surface area (Å²) in [6.07, 6.45) is -0.243. The van der Waals surface area contributed by atoms with Gasteiger partial charge in [-0.1, -0.05) is 60.1 Å². The summed E-state index contributed by atoms with van der Waals surface area (Å²) in [4.78, 5) is 35.8. The molecule has 0 saturated carbocycles. The third-order valence-corrected chi connectivity index (χ3v) is 5.06. The van der Waals surface area contributed by atoms with Crippen molar-refractivity contribution in [2.24, 2.45) is 5.73 Å². The summed E-state index contributed by atoms with van der Waals surface area (Å²) in [6, 6.07) is 21.7. The fourth-order valence-corrected chi connectivity index (χ4v) is 3.38.